The lowest BCUT2D eigenvalue weighted by atomic mass is 10.1. The molecule has 2 aliphatic rings. The van der Waals surface area contributed by atoms with Crippen LogP contribution < -0.4 is 10.6 Å². The lowest BCUT2D eigenvalue weighted by Gasteiger charge is -2.16. The Morgan fingerprint density at radius 3 is 2.50 bits per heavy atom. The van der Waals surface area contributed by atoms with Crippen molar-refractivity contribution in [3.05, 3.63) is 0 Å². The highest BCUT2D eigenvalue weighted by atomic mass is 16.1. The molecule has 2 aliphatic carbocycles. The molecule has 2 rings (SSSR count). The van der Waals surface area contributed by atoms with E-state index in [2.05, 4.69) is 16.7 Å². The van der Waals surface area contributed by atoms with Crippen molar-refractivity contribution < 1.29 is 4.79 Å². The molecule has 1 unspecified atom stereocenters. The summed E-state index contributed by atoms with van der Waals surface area (Å²) in [5.74, 6) is 0.0135. The minimum absolute atomic E-state index is 0.0135. The maximum Gasteiger partial charge on any atom is 0.222 e. The number of nitrogens with one attached hydrogen (secondary N) is 2. The van der Waals surface area contributed by atoms with Crippen LogP contribution in [0, 0.1) is 11.3 Å². The molecule has 2 fully saturated rings. The van der Waals surface area contributed by atoms with Gasteiger partial charge in [0.15, 0.2) is 0 Å². The molecule has 4 heteroatoms. The van der Waals surface area contributed by atoms with Gasteiger partial charge in [0, 0.05) is 12.1 Å². The van der Waals surface area contributed by atoms with Crippen LogP contribution in [0.25, 0.3) is 0 Å². The van der Waals surface area contributed by atoms with Crippen molar-refractivity contribution in [1.29, 1.82) is 5.26 Å². The Labute approximate surface area is 96.4 Å². The smallest absolute Gasteiger partial charge is 0.222 e. The molecule has 0 aliphatic heterocycles. The lowest BCUT2D eigenvalue weighted by Crippen LogP contribution is -2.40. The zero-order valence-electron chi connectivity index (χ0n) is 9.54. The molecule has 0 heterocycles. The van der Waals surface area contributed by atoms with E-state index in [-0.39, 0.29) is 11.9 Å². The van der Waals surface area contributed by atoms with Crippen LogP contribution >= 0.6 is 0 Å². The highest BCUT2D eigenvalue weighted by Gasteiger charge is 2.25. The van der Waals surface area contributed by atoms with Crippen LogP contribution in [0.4, 0.5) is 0 Å². The molecule has 0 bridgehead atoms. The Hall–Kier alpha value is -1.08. The molecule has 2 saturated carbocycles. The first-order valence-corrected chi connectivity index (χ1v) is 6.23. The highest BCUT2D eigenvalue weighted by Crippen LogP contribution is 2.20. The van der Waals surface area contributed by atoms with Crippen LogP contribution in [0.15, 0.2) is 0 Å². The van der Waals surface area contributed by atoms with Gasteiger partial charge in [-0.3, -0.25) is 10.1 Å². The molecule has 0 aromatic carbocycles. The van der Waals surface area contributed by atoms with Gasteiger partial charge in [0.05, 0.1) is 12.5 Å². The molecule has 2 N–H and O–H groups in total. The predicted molar refractivity (Wildman–Crippen MR) is 60.6 cm³/mol. The van der Waals surface area contributed by atoms with Crippen LogP contribution in [0.1, 0.15) is 44.9 Å². The summed E-state index contributed by atoms with van der Waals surface area (Å²) < 4.78 is 0. The van der Waals surface area contributed by atoms with Gasteiger partial charge in [-0.25, -0.2) is 0 Å². The van der Waals surface area contributed by atoms with Crippen LogP contribution in [-0.2, 0) is 4.79 Å². The quantitative estimate of drug-likeness (QED) is 0.730. The van der Waals surface area contributed by atoms with E-state index in [1.807, 2.05) is 0 Å². The number of amides is 1. The number of nitrogens with zero attached hydrogens (tertiary/aromatic N) is 1. The third-order valence-corrected chi connectivity index (χ3v) is 3.28. The van der Waals surface area contributed by atoms with Crippen molar-refractivity contribution in [3.63, 3.8) is 0 Å². The molecule has 0 radical (unpaired) electrons. The number of carbonyl (C=O) groups excluding carboxylic acids is 1. The third kappa shape index (κ3) is 3.49. The Bertz CT molecular complexity index is 287. The van der Waals surface area contributed by atoms with E-state index in [4.69, 9.17) is 5.26 Å². The Morgan fingerprint density at radius 1 is 1.25 bits per heavy atom. The predicted octanol–water partition coefficient (Wildman–Crippen LogP) is 1.08. The van der Waals surface area contributed by atoms with Gasteiger partial charge in [-0.05, 0) is 25.7 Å². The average Bonchev–Trinajstić information content (AvgIpc) is 2.92. The molecule has 0 spiro atoms. The van der Waals surface area contributed by atoms with Crippen molar-refractivity contribution in [2.24, 2.45) is 0 Å². The zero-order valence-corrected chi connectivity index (χ0v) is 9.54. The van der Waals surface area contributed by atoms with E-state index < -0.39 is 0 Å². The minimum atomic E-state index is -0.318. The summed E-state index contributed by atoms with van der Waals surface area (Å²) in [5.41, 5.74) is 0. The standard InChI is InChI=1S/C12H19N3O/c13-8-11(14-9-3-1-2-4-9)7-12(16)15-10-5-6-10/h9-11,14H,1-7H2,(H,15,16). The van der Waals surface area contributed by atoms with Gasteiger partial charge >= 0.3 is 0 Å². The van der Waals surface area contributed by atoms with E-state index in [1.165, 1.54) is 12.8 Å². The molecular formula is C12H19N3O. The normalized spacial score (nSPS) is 22.7. The number of rotatable bonds is 5. The monoisotopic (exact) mass is 221 g/mol. The number of nitriles is 1. The molecular weight excluding hydrogens is 202 g/mol. The molecule has 4 nitrogen and oxygen atoms in total. The topological polar surface area (TPSA) is 64.9 Å². The summed E-state index contributed by atoms with van der Waals surface area (Å²) in [5, 5.41) is 15.2. The Balaban J connectivity index is 1.71. The van der Waals surface area contributed by atoms with Crippen LogP contribution in [0.5, 0.6) is 0 Å². The van der Waals surface area contributed by atoms with Crippen molar-refractivity contribution in [2.45, 2.75) is 63.1 Å². The molecule has 1 amide bonds. The summed E-state index contributed by atoms with van der Waals surface area (Å²) in [6.07, 6.45) is 7.25. The summed E-state index contributed by atoms with van der Waals surface area (Å²) in [7, 11) is 0. The first-order valence-electron chi connectivity index (χ1n) is 6.23. The SMILES string of the molecule is N#CC(CC(=O)NC1CC1)NC1CCCC1. The number of carbonyl (C=O) groups is 1. The van der Waals surface area contributed by atoms with Gasteiger partial charge in [0.2, 0.25) is 5.91 Å². The summed E-state index contributed by atoms with van der Waals surface area (Å²) in [4.78, 5) is 11.5. The maximum absolute atomic E-state index is 11.5. The van der Waals surface area contributed by atoms with Crippen molar-refractivity contribution in [1.82, 2.24) is 10.6 Å². The van der Waals surface area contributed by atoms with Crippen molar-refractivity contribution in [3.8, 4) is 6.07 Å². The van der Waals surface area contributed by atoms with Gasteiger partial charge in [-0.15, -0.1) is 0 Å². The van der Waals surface area contributed by atoms with Crippen LogP contribution in [0.2, 0.25) is 0 Å². The molecule has 0 aromatic heterocycles. The largest absolute Gasteiger partial charge is 0.353 e. The summed E-state index contributed by atoms with van der Waals surface area (Å²) >= 11 is 0. The first-order chi connectivity index (χ1) is 7.78. The fraction of sp³-hybridized carbons (Fsp3) is 0.833. The number of hydrogen-bond donors (Lipinski definition) is 2. The second kappa shape index (κ2) is 5.31. The van der Waals surface area contributed by atoms with E-state index in [0.29, 0.717) is 18.5 Å². The fourth-order valence-corrected chi connectivity index (χ4v) is 2.22. The zero-order chi connectivity index (χ0) is 11.4. The van der Waals surface area contributed by atoms with E-state index in [1.54, 1.807) is 0 Å². The van der Waals surface area contributed by atoms with E-state index in [0.717, 1.165) is 25.7 Å². The van der Waals surface area contributed by atoms with Crippen molar-refractivity contribution in [2.75, 3.05) is 0 Å². The molecule has 1 atom stereocenters. The van der Waals surface area contributed by atoms with Gasteiger partial charge in [-0.2, -0.15) is 5.26 Å². The van der Waals surface area contributed by atoms with Gasteiger partial charge in [0.25, 0.3) is 0 Å². The lowest BCUT2D eigenvalue weighted by molar-refractivity contribution is -0.121. The van der Waals surface area contributed by atoms with Gasteiger partial charge in [0.1, 0.15) is 6.04 Å². The Kier molecular flexibility index (Phi) is 3.79. The van der Waals surface area contributed by atoms with Crippen molar-refractivity contribution >= 4 is 5.91 Å². The maximum atomic E-state index is 11.5. The van der Waals surface area contributed by atoms with Gasteiger partial charge < -0.3 is 5.32 Å². The second-order valence-electron chi connectivity index (χ2n) is 4.88. The second-order valence-corrected chi connectivity index (χ2v) is 4.88. The molecule has 0 saturated heterocycles. The van der Waals surface area contributed by atoms with Crippen LogP contribution in [-0.4, -0.2) is 24.0 Å². The first kappa shape index (κ1) is 11.4. The van der Waals surface area contributed by atoms with E-state index >= 15 is 0 Å². The Morgan fingerprint density at radius 2 is 1.94 bits per heavy atom. The number of hydrogen-bond acceptors (Lipinski definition) is 3. The molecule has 0 aromatic rings. The average molecular weight is 221 g/mol. The summed E-state index contributed by atoms with van der Waals surface area (Å²) in [6, 6.07) is 2.69. The van der Waals surface area contributed by atoms with Crippen LogP contribution in [0.3, 0.4) is 0 Å². The third-order valence-electron chi connectivity index (χ3n) is 3.28. The fourth-order valence-electron chi connectivity index (χ4n) is 2.22. The van der Waals surface area contributed by atoms with Gasteiger partial charge in [-0.1, -0.05) is 12.8 Å². The highest BCUT2D eigenvalue weighted by molar-refractivity contribution is 5.77. The van der Waals surface area contributed by atoms with E-state index in [9.17, 15) is 4.79 Å². The molecule has 88 valence electrons. The summed E-state index contributed by atoms with van der Waals surface area (Å²) in [6.45, 7) is 0. The minimum Gasteiger partial charge on any atom is -0.353 e. The molecule has 16 heavy (non-hydrogen) atoms.